The Balaban J connectivity index is 2.33. The van der Waals surface area contributed by atoms with Crippen LogP contribution in [0.4, 0.5) is 0 Å². The summed E-state index contributed by atoms with van der Waals surface area (Å²) in [7, 11) is 1.65. The van der Waals surface area contributed by atoms with Crippen molar-refractivity contribution in [2.75, 3.05) is 26.1 Å². The average Bonchev–Trinajstić information content (AvgIpc) is 2.49. The molecule has 0 aromatic heterocycles. The predicted molar refractivity (Wildman–Crippen MR) is 80.5 cm³/mol. The Hall–Kier alpha value is -0.930. The van der Waals surface area contributed by atoms with Crippen LogP contribution in [0.2, 0.25) is 0 Å². The van der Waals surface area contributed by atoms with Gasteiger partial charge in [-0.15, -0.1) is 11.6 Å². The van der Waals surface area contributed by atoms with Crippen molar-refractivity contribution in [2.24, 2.45) is 0 Å². The molecule has 3 nitrogen and oxygen atoms in total. The van der Waals surface area contributed by atoms with Crippen molar-refractivity contribution < 1.29 is 9.47 Å². The summed E-state index contributed by atoms with van der Waals surface area (Å²) >= 11 is 6.04. The maximum Gasteiger partial charge on any atom is 0.119 e. The summed E-state index contributed by atoms with van der Waals surface area (Å²) in [6.45, 7) is 5.73. The lowest BCUT2D eigenvalue weighted by atomic mass is 9.95. The van der Waals surface area contributed by atoms with E-state index >= 15 is 0 Å². The van der Waals surface area contributed by atoms with Gasteiger partial charge in [0.2, 0.25) is 0 Å². The van der Waals surface area contributed by atoms with Gasteiger partial charge >= 0.3 is 0 Å². The Bertz CT molecular complexity index is 341. The minimum Gasteiger partial charge on any atom is -0.497 e. The zero-order valence-electron chi connectivity index (χ0n) is 12.0. The van der Waals surface area contributed by atoms with E-state index in [1.54, 1.807) is 7.11 Å². The van der Waals surface area contributed by atoms with Crippen LogP contribution in [0.15, 0.2) is 24.3 Å². The van der Waals surface area contributed by atoms with Crippen molar-refractivity contribution in [1.82, 2.24) is 5.32 Å². The quantitative estimate of drug-likeness (QED) is 0.557. The highest BCUT2D eigenvalue weighted by Crippen LogP contribution is 2.18. The van der Waals surface area contributed by atoms with Gasteiger partial charge in [0.25, 0.3) is 0 Å². The van der Waals surface area contributed by atoms with Gasteiger partial charge in [0.05, 0.1) is 7.11 Å². The van der Waals surface area contributed by atoms with Crippen LogP contribution in [0.25, 0.3) is 0 Å². The number of benzene rings is 1. The first-order valence-corrected chi connectivity index (χ1v) is 7.31. The second kappa shape index (κ2) is 8.28. The predicted octanol–water partition coefficient (Wildman–Crippen LogP) is 3.46. The van der Waals surface area contributed by atoms with Gasteiger partial charge in [-0.05, 0) is 37.1 Å². The van der Waals surface area contributed by atoms with E-state index in [-0.39, 0.29) is 5.54 Å². The normalized spacial score (nSPS) is 11.4. The monoisotopic (exact) mass is 285 g/mol. The molecule has 1 aromatic rings. The highest BCUT2D eigenvalue weighted by molar-refractivity contribution is 6.18. The molecule has 0 aliphatic rings. The van der Waals surface area contributed by atoms with Crippen LogP contribution < -0.4 is 14.8 Å². The van der Waals surface area contributed by atoms with Gasteiger partial charge < -0.3 is 14.8 Å². The van der Waals surface area contributed by atoms with E-state index in [0.29, 0.717) is 12.5 Å². The standard InChI is InChI=1S/C15H24ClNO2/c1-4-15(5-2,12-16)17-10-11-19-14-8-6-13(18-3)7-9-14/h6-9,17H,4-5,10-12H2,1-3H3. The first-order chi connectivity index (χ1) is 9.19. The van der Waals surface area contributed by atoms with E-state index < -0.39 is 0 Å². The maximum atomic E-state index is 6.04. The Kier molecular flexibility index (Phi) is 7.03. The Morgan fingerprint density at radius 1 is 1.11 bits per heavy atom. The van der Waals surface area contributed by atoms with E-state index in [9.17, 15) is 0 Å². The maximum absolute atomic E-state index is 6.04. The zero-order chi connectivity index (χ0) is 14.1. The van der Waals surface area contributed by atoms with Gasteiger partial charge in [-0.25, -0.2) is 0 Å². The number of alkyl halides is 1. The molecule has 0 spiro atoms. The Morgan fingerprint density at radius 3 is 2.16 bits per heavy atom. The lowest BCUT2D eigenvalue weighted by Gasteiger charge is -2.30. The molecule has 0 heterocycles. The summed E-state index contributed by atoms with van der Waals surface area (Å²) in [6.07, 6.45) is 2.05. The number of rotatable bonds is 9. The van der Waals surface area contributed by atoms with Crippen molar-refractivity contribution >= 4 is 11.6 Å². The van der Waals surface area contributed by atoms with Crippen LogP contribution in [-0.4, -0.2) is 31.7 Å². The molecule has 1 aromatic carbocycles. The largest absolute Gasteiger partial charge is 0.497 e. The van der Waals surface area contributed by atoms with Crippen LogP contribution in [0.1, 0.15) is 26.7 Å². The molecule has 0 aliphatic heterocycles. The molecule has 4 heteroatoms. The summed E-state index contributed by atoms with van der Waals surface area (Å²) < 4.78 is 10.8. The van der Waals surface area contributed by atoms with Crippen molar-refractivity contribution in [3.63, 3.8) is 0 Å². The summed E-state index contributed by atoms with van der Waals surface area (Å²) in [5.74, 6) is 2.32. The Labute approximate surface area is 121 Å². The SMILES string of the molecule is CCC(CC)(CCl)NCCOc1ccc(OC)cc1. The topological polar surface area (TPSA) is 30.5 Å². The van der Waals surface area contributed by atoms with Gasteiger partial charge in [-0.3, -0.25) is 0 Å². The van der Waals surface area contributed by atoms with Gasteiger partial charge in [0.15, 0.2) is 0 Å². The molecule has 0 aliphatic carbocycles. The zero-order valence-corrected chi connectivity index (χ0v) is 12.8. The fraction of sp³-hybridized carbons (Fsp3) is 0.600. The molecule has 0 fully saturated rings. The van der Waals surface area contributed by atoms with Gasteiger partial charge in [-0.2, -0.15) is 0 Å². The number of nitrogens with one attached hydrogen (secondary N) is 1. The van der Waals surface area contributed by atoms with Crippen molar-refractivity contribution in [1.29, 1.82) is 0 Å². The molecule has 0 atom stereocenters. The molecule has 108 valence electrons. The highest BCUT2D eigenvalue weighted by Gasteiger charge is 2.23. The first-order valence-electron chi connectivity index (χ1n) is 6.77. The fourth-order valence-corrected chi connectivity index (χ4v) is 2.37. The molecule has 1 N–H and O–H groups in total. The summed E-state index contributed by atoms with van der Waals surface area (Å²) in [5, 5.41) is 3.49. The minimum absolute atomic E-state index is 0.0326. The van der Waals surface area contributed by atoms with E-state index in [0.717, 1.165) is 30.9 Å². The molecule has 19 heavy (non-hydrogen) atoms. The van der Waals surface area contributed by atoms with Crippen LogP contribution in [0, 0.1) is 0 Å². The smallest absolute Gasteiger partial charge is 0.119 e. The van der Waals surface area contributed by atoms with Gasteiger partial charge in [0.1, 0.15) is 18.1 Å². The molecule has 0 radical (unpaired) electrons. The third-order valence-corrected chi connectivity index (χ3v) is 4.05. The fourth-order valence-electron chi connectivity index (χ4n) is 1.89. The van der Waals surface area contributed by atoms with Crippen LogP contribution in [0.5, 0.6) is 11.5 Å². The molecule has 0 saturated heterocycles. The van der Waals surface area contributed by atoms with Gasteiger partial charge in [-0.1, -0.05) is 13.8 Å². The van der Waals surface area contributed by atoms with Crippen molar-refractivity contribution in [3.8, 4) is 11.5 Å². The number of halogens is 1. The molecular weight excluding hydrogens is 262 g/mol. The summed E-state index contributed by atoms with van der Waals surface area (Å²) in [5.41, 5.74) is 0.0326. The van der Waals surface area contributed by atoms with E-state index in [4.69, 9.17) is 21.1 Å². The number of ether oxygens (including phenoxy) is 2. The van der Waals surface area contributed by atoms with Gasteiger partial charge in [0, 0.05) is 18.0 Å². The lowest BCUT2D eigenvalue weighted by molar-refractivity contribution is 0.268. The van der Waals surface area contributed by atoms with Crippen LogP contribution >= 0.6 is 11.6 Å². The van der Waals surface area contributed by atoms with E-state index in [1.165, 1.54) is 0 Å². The number of hydrogen-bond acceptors (Lipinski definition) is 3. The molecule has 1 rings (SSSR count). The summed E-state index contributed by atoms with van der Waals surface area (Å²) in [6, 6.07) is 7.61. The minimum atomic E-state index is 0.0326. The summed E-state index contributed by atoms with van der Waals surface area (Å²) in [4.78, 5) is 0. The first kappa shape index (κ1) is 16.1. The number of methoxy groups -OCH3 is 1. The third kappa shape index (κ3) is 4.92. The second-order valence-corrected chi connectivity index (χ2v) is 4.84. The highest BCUT2D eigenvalue weighted by atomic mass is 35.5. The third-order valence-electron chi connectivity index (χ3n) is 3.54. The van der Waals surface area contributed by atoms with E-state index in [2.05, 4.69) is 19.2 Å². The molecular formula is C15H24ClNO2. The van der Waals surface area contributed by atoms with E-state index in [1.807, 2.05) is 24.3 Å². The Morgan fingerprint density at radius 2 is 1.68 bits per heavy atom. The van der Waals surface area contributed by atoms with Crippen molar-refractivity contribution in [2.45, 2.75) is 32.2 Å². The molecule has 0 saturated carbocycles. The van der Waals surface area contributed by atoms with Crippen LogP contribution in [0.3, 0.4) is 0 Å². The van der Waals surface area contributed by atoms with Crippen molar-refractivity contribution in [3.05, 3.63) is 24.3 Å². The number of hydrogen-bond donors (Lipinski definition) is 1. The molecule has 0 bridgehead atoms. The molecule has 0 amide bonds. The average molecular weight is 286 g/mol. The lowest BCUT2D eigenvalue weighted by Crippen LogP contribution is -2.47. The molecule has 0 unspecified atom stereocenters. The van der Waals surface area contributed by atoms with Crippen LogP contribution in [-0.2, 0) is 0 Å². The second-order valence-electron chi connectivity index (χ2n) is 4.57.